The molecular formula is C46H46IrN2OSi-2. The van der Waals surface area contributed by atoms with Crippen molar-refractivity contribution in [3.63, 3.8) is 0 Å². The average Bonchev–Trinajstić information content (AvgIpc) is 3.79. The van der Waals surface area contributed by atoms with Crippen LogP contribution >= 0.6 is 0 Å². The molecule has 8 rings (SSSR count). The van der Waals surface area contributed by atoms with Crippen LogP contribution in [0.25, 0.3) is 55.6 Å². The topological polar surface area (TPSA) is 38.9 Å². The number of rotatable bonds is 7. The zero-order chi connectivity index (χ0) is 34.7. The maximum atomic E-state index is 6.33. The van der Waals surface area contributed by atoms with Gasteiger partial charge in [0.25, 0.3) is 0 Å². The van der Waals surface area contributed by atoms with Crippen LogP contribution in [-0.2, 0) is 26.5 Å². The minimum Gasteiger partial charge on any atom is -0.501 e. The molecule has 0 aliphatic heterocycles. The largest absolute Gasteiger partial charge is 0.501 e. The van der Waals surface area contributed by atoms with Gasteiger partial charge in [0.2, 0.25) is 0 Å². The Balaban J connectivity index is 0.000000194. The molecule has 1 aliphatic rings. The molecule has 0 spiro atoms. The first-order valence-corrected chi connectivity index (χ1v) is 21.6. The minimum atomic E-state index is -1.34. The van der Waals surface area contributed by atoms with Gasteiger partial charge in [-0.25, -0.2) is 0 Å². The summed E-state index contributed by atoms with van der Waals surface area (Å²) in [6, 6.07) is 42.3. The smallest absolute Gasteiger partial charge is 0.120 e. The van der Waals surface area contributed by atoms with Crippen LogP contribution < -0.4 is 5.19 Å². The number of nitrogens with zero attached hydrogens (tertiary/aromatic N) is 2. The number of benzene rings is 4. The molecule has 1 radical (unpaired) electrons. The Morgan fingerprint density at radius 2 is 1.55 bits per heavy atom. The molecule has 261 valence electrons. The van der Waals surface area contributed by atoms with Crippen molar-refractivity contribution in [3.05, 3.63) is 139 Å². The van der Waals surface area contributed by atoms with Gasteiger partial charge >= 0.3 is 0 Å². The summed E-state index contributed by atoms with van der Waals surface area (Å²) in [5.41, 5.74) is 11.0. The summed E-state index contributed by atoms with van der Waals surface area (Å²) in [5, 5.41) is 3.72. The molecule has 0 amide bonds. The van der Waals surface area contributed by atoms with Gasteiger partial charge in [0.15, 0.2) is 0 Å². The van der Waals surface area contributed by atoms with E-state index < -0.39 is 8.07 Å². The molecule has 0 N–H and O–H groups in total. The summed E-state index contributed by atoms with van der Waals surface area (Å²) >= 11 is 0. The normalized spacial score (nSPS) is 13.3. The molecular weight excluding hydrogens is 817 g/mol. The molecule has 0 atom stereocenters. The van der Waals surface area contributed by atoms with Gasteiger partial charge in [-0.1, -0.05) is 130 Å². The Bertz CT molecular complexity index is 2210. The average molecular weight is 863 g/mol. The summed E-state index contributed by atoms with van der Waals surface area (Å²) in [7, 11) is -1.34. The van der Waals surface area contributed by atoms with Crippen molar-refractivity contribution in [2.75, 3.05) is 0 Å². The molecule has 3 heterocycles. The van der Waals surface area contributed by atoms with Gasteiger partial charge in [0.05, 0.1) is 13.7 Å². The number of hydrogen-bond donors (Lipinski definition) is 0. The molecule has 1 saturated carbocycles. The number of aromatic nitrogens is 2. The third kappa shape index (κ3) is 8.33. The van der Waals surface area contributed by atoms with Crippen LogP contribution in [0.3, 0.4) is 0 Å². The second-order valence-electron chi connectivity index (χ2n) is 15.0. The van der Waals surface area contributed by atoms with Gasteiger partial charge in [0.1, 0.15) is 5.58 Å². The van der Waals surface area contributed by atoms with Crippen LogP contribution in [0.15, 0.2) is 120 Å². The molecule has 4 aromatic carbocycles. The minimum absolute atomic E-state index is 0. The Labute approximate surface area is 317 Å². The van der Waals surface area contributed by atoms with E-state index in [1.165, 1.54) is 53.1 Å². The van der Waals surface area contributed by atoms with E-state index >= 15 is 0 Å². The SMILES string of the molecule is CC(C)c1cc(-c2[c-]cccc2)ncc1[Si](C)(C)C.[Ir].[c-]1ccc2c(oc3ccc(-c4ccccc4)cc32)c1-c1cc(CC2CCCC2)ccn1. The summed E-state index contributed by atoms with van der Waals surface area (Å²) in [6.45, 7) is 11.7. The molecule has 0 unspecified atom stereocenters. The molecule has 5 heteroatoms. The van der Waals surface area contributed by atoms with E-state index in [0.29, 0.717) is 5.92 Å². The van der Waals surface area contributed by atoms with Crippen molar-refractivity contribution in [1.29, 1.82) is 0 Å². The van der Waals surface area contributed by atoms with Gasteiger partial charge in [-0.3, -0.25) is 0 Å². The summed E-state index contributed by atoms with van der Waals surface area (Å²) < 4.78 is 6.33. The van der Waals surface area contributed by atoms with Gasteiger partial charge in [-0.05, 0) is 64.2 Å². The van der Waals surface area contributed by atoms with Crippen molar-refractivity contribution in [1.82, 2.24) is 9.97 Å². The molecule has 0 bridgehead atoms. The van der Waals surface area contributed by atoms with Crippen LogP contribution in [0, 0.1) is 18.1 Å². The molecule has 1 fully saturated rings. The third-order valence-electron chi connectivity index (χ3n) is 9.97. The molecule has 51 heavy (non-hydrogen) atoms. The Morgan fingerprint density at radius 3 is 2.27 bits per heavy atom. The van der Waals surface area contributed by atoms with E-state index in [1.807, 2.05) is 36.5 Å². The first-order valence-electron chi connectivity index (χ1n) is 18.1. The summed E-state index contributed by atoms with van der Waals surface area (Å²) in [5.74, 6) is 1.35. The van der Waals surface area contributed by atoms with Crippen LogP contribution in [0.4, 0.5) is 0 Å². The summed E-state index contributed by atoms with van der Waals surface area (Å²) in [4.78, 5) is 9.34. The van der Waals surface area contributed by atoms with E-state index in [4.69, 9.17) is 4.42 Å². The van der Waals surface area contributed by atoms with Crippen molar-refractivity contribution in [3.8, 4) is 33.6 Å². The van der Waals surface area contributed by atoms with Gasteiger partial charge < -0.3 is 14.4 Å². The predicted octanol–water partition coefficient (Wildman–Crippen LogP) is 12.1. The van der Waals surface area contributed by atoms with Crippen molar-refractivity contribution in [2.24, 2.45) is 5.92 Å². The van der Waals surface area contributed by atoms with Crippen LogP contribution in [0.2, 0.25) is 19.6 Å². The summed E-state index contributed by atoms with van der Waals surface area (Å²) in [6.07, 6.45) is 10.6. The molecule has 3 aromatic heterocycles. The molecule has 1 aliphatic carbocycles. The fourth-order valence-electron chi connectivity index (χ4n) is 7.30. The second-order valence-corrected chi connectivity index (χ2v) is 20.1. The first kappa shape index (κ1) is 36.6. The standard InChI is InChI=1S/C29H24NO.C17H22NSi.Ir/c1-2-9-22(10-3-1)23-13-14-28-26(19-23)24-11-6-12-25(29(24)31-28)27-18-21(15-16-30-27)17-20-7-4-5-8-20;1-13(2)15-11-16(14-9-7-6-8-10-14)18-12-17(15)19(3,4)5;/h1-3,6,9-11,13-16,18-20H,4-5,7-8,17H2;6-9,11-13H,1-5H3;/q2*-1;. The quantitative estimate of drug-likeness (QED) is 0.118. The van der Waals surface area contributed by atoms with Gasteiger partial charge in [0, 0.05) is 37.9 Å². The van der Waals surface area contributed by atoms with Crippen LogP contribution in [0.5, 0.6) is 0 Å². The predicted molar refractivity (Wildman–Crippen MR) is 212 cm³/mol. The molecule has 0 saturated heterocycles. The van der Waals surface area contributed by atoms with Gasteiger partial charge in [-0.2, -0.15) is 0 Å². The number of furan rings is 1. The number of pyridine rings is 2. The molecule has 7 aromatic rings. The van der Waals surface area contributed by atoms with Crippen molar-refractivity contribution < 1.29 is 24.5 Å². The first-order chi connectivity index (χ1) is 24.2. The number of hydrogen-bond acceptors (Lipinski definition) is 3. The van der Waals surface area contributed by atoms with E-state index in [9.17, 15) is 0 Å². The Hall–Kier alpha value is -4.15. The van der Waals surface area contributed by atoms with E-state index in [-0.39, 0.29) is 20.1 Å². The maximum Gasteiger partial charge on any atom is 0.120 e. The Kier molecular flexibility index (Phi) is 11.5. The monoisotopic (exact) mass is 863 g/mol. The molecule has 3 nitrogen and oxygen atoms in total. The zero-order valence-corrected chi connectivity index (χ0v) is 33.7. The number of fused-ring (bicyclic) bond motifs is 3. The maximum absolute atomic E-state index is 6.33. The van der Waals surface area contributed by atoms with Crippen molar-refractivity contribution >= 4 is 35.2 Å². The second kappa shape index (κ2) is 16.0. The van der Waals surface area contributed by atoms with E-state index in [0.717, 1.165) is 56.8 Å². The fraction of sp³-hybridized carbons (Fsp3) is 0.261. The van der Waals surface area contributed by atoms with Crippen molar-refractivity contribution in [2.45, 2.75) is 71.5 Å². The Morgan fingerprint density at radius 1 is 0.765 bits per heavy atom. The third-order valence-corrected chi connectivity index (χ3v) is 12.0. The zero-order valence-electron chi connectivity index (χ0n) is 30.3. The van der Waals surface area contributed by atoms with Crippen LogP contribution in [-0.4, -0.2) is 18.0 Å². The fourth-order valence-corrected chi connectivity index (χ4v) is 8.98. The van der Waals surface area contributed by atoms with Crippen LogP contribution in [0.1, 0.15) is 56.6 Å². The van der Waals surface area contributed by atoms with E-state index in [1.54, 1.807) is 0 Å². The van der Waals surface area contributed by atoms with E-state index in [2.05, 4.69) is 135 Å². The van der Waals surface area contributed by atoms with Gasteiger partial charge in [-0.15, -0.1) is 54.1 Å².